The number of hydrogen-bond acceptors (Lipinski definition) is 4. The minimum absolute atomic E-state index is 0.0884. The van der Waals surface area contributed by atoms with E-state index >= 15 is 0 Å². The van der Waals surface area contributed by atoms with Gasteiger partial charge in [-0.1, -0.05) is 29.8 Å². The van der Waals surface area contributed by atoms with Crippen molar-refractivity contribution in [2.75, 3.05) is 19.6 Å². The van der Waals surface area contributed by atoms with Crippen molar-refractivity contribution in [3.8, 4) is 0 Å². The number of rotatable bonds is 6. The maximum absolute atomic E-state index is 12.4. The second kappa shape index (κ2) is 8.45. The van der Waals surface area contributed by atoms with Gasteiger partial charge < -0.3 is 5.32 Å². The predicted octanol–water partition coefficient (Wildman–Crippen LogP) is 2.52. The van der Waals surface area contributed by atoms with Crippen LogP contribution in [0.15, 0.2) is 36.9 Å². The van der Waals surface area contributed by atoms with E-state index in [1.807, 2.05) is 25.1 Å². The molecule has 1 N–H and O–H groups in total. The molecular formula is C18H24ClN5O. The van der Waals surface area contributed by atoms with Crippen LogP contribution in [-0.4, -0.2) is 45.2 Å². The van der Waals surface area contributed by atoms with Crippen molar-refractivity contribution in [1.29, 1.82) is 0 Å². The summed E-state index contributed by atoms with van der Waals surface area (Å²) in [6.45, 7) is 5.27. The lowest BCUT2D eigenvalue weighted by Crippen LogP contribution is -2.41. The number of nitrogens with one attached hydrogen (secondary N) is 1. The zero-order valence-corrected chi connectivity index (χ0v) is 15.2. The lowest BCUT2D eigenvalue weighted by Gasteiger charge is -2.31. The van der Waals surface area contributed by atoms with E-state index in [0.717, 1.165) is 43.1 Å². The number of hydrogen-bond donors (Lipinski definition) is 1. The third-order valence-corrected chi connectivity index (χ3v) is 5.14. The van der Waals surface area contributed by atoms with Crippen LogP contribution < -0.4 is 5.32 Å². The van der Waals surface area contributed by atoms with Crippen LogP contribution in [-0.2, 0) is 11.3 Å². The van der Waals surface area contributed by atoms with Gasteiger partial charge in [0.1, 0.15) is 12.7 Å². The summed E-state index contributed by atoms with van der Waals surface area (Å²) in [6, 6.07) is 8.05. The number of nitrogens with zero attached hydrogens (tertiary/aromatic N) is 4. The summed E-state index contributed by atoms with van der Waals surface area (Å²) >= 11 is 6.23. The smallest absolute Gasteiger partial charge is 0.223 e. The van der Waals surface area contributed by atoms with Crippen LogP contribution >= 0.6 is 11.6 Å². The molecule has 1 atom stereocenters. The maximum atomic E-state index is 12.4. The highest BCUT2D eigenvalue weighted by Crippen LogP contribution is 2.22. The number of carbonyl (C=O) groups is 1. The van der Waals surface area contributed by atoms with Gasteiger partial charge in [-0.05, 0) is 44.5 Å². The first kappa shape index (κ1) is 17.9. The van der Waals surface area contributed by atoms with Gasteiger partial charge >= 0.3 is 0 Å². The third kappa shape index (κ3) is 4.80. The molecule has 2 aromatic rings. The molecule has 1 fully saturated rings. The van der Waals surface area contributed by atoms with E-state index < -0.39 is 0 Å². The molecule has 0 saturated carbocycles. The van der Waals surface area contributed by atoms with Gasteiger partial charge in [0, 0.05) is 24.0 Å². The number of halogens is 1. The van der Waals surface area contributed by atoms with E-state index in [4.69, 9.17) is 11.6 Å². The van der Waals surface area contributed by atoms with Crippen molar-refractivity contribution in [2.45, 2.75) is 32.4 Å². The summed E-state index contributed by atoms with van der Waals surface area (Å²) in [5.74, 6) is 0.231. The molecule has 0 radical (unpaired) electrons. The fourth-order valence-electron chi connectivity index (χ4n) is 3.15. The highest BCUT2D eigenvalue weighted by Gasteiger charge is 2.25. The van der Waals surface area contributed by atoms with Crippen molar-refractivity contribution in [2.24, 2.45) is 5.92 Å². The van der Waals surface area contributed by atoms with Crippen LogP contribution in [0, 0.1) is 5.92 Å². The summed E-state index contributed by atoms with van der Waals surface area (Å²) in [6.07, 6.45) is 4.94. The van der Waals surface area contributed by atoms with Crippen molar-refractivity contribution >= 4 is 17.5 Å². The Hall–Kier alpha value is -1.92. The van der Waals surface area contributed by atoms with Crippen LogP contribution in [0.1, 0.15) is 31.4 Å². The molecule has 0 bridgehead atoms. The molecule has 1 aliphatic rings. The number of carbonyl (C=O) groups excluding carboxylic acids is 1. The quantitative estimate of drug-likeness (QED) is 0.858. The number of aromatic nitrogens is 3. The Morgan fingerprint density at radius 2 is 2.12 bits per heavy atom. The average molecular weight is 362 g/mol. The normalized spacial score (nSPS) is 17.4. The van der Waals surface area contributed by atoms with E-state index in [0.29, 0.717) is 6.54 Å². The van der Waals surface area contributed by atoms with Crippen LogP contribution in [0.5, 0.6) is 0 Å². The molecule has 0 unspecified atom stereocenters. The molecule has 3 rings (SSSR count). The first-order valence-electron chi connectivity index (χ1n) is 8.71. The fraction of sp³-hybridized carbons (Fsp3) is 0.500. The Kier molecular flexibility index (Phi) is 6.04. The molecule has 1 aromatic carbocycles. The molecule has 0 aliphatic carbocycles. The van der Waals surface area contributed by atoms with Gasteiger partial charge in [0.05, 0.1) is 6.04 Å². The Bertz CT molecular complexity index is 683. The summed E-state index contributed by atoms with van der Waals surface area (Å²) in [5, 5.41) is 7.96. The number of likely N-dealkylation sites (tertiary alicyclic amines) is 1. The van der Waals surface area contributed by atoms with Gasteiger partial charge in [-0.3, -0.25) is 9.69 Å². The van der Waals surface area contributed by atoms with Crippen LogP contribution in [0.25, 0.3) is 0 Å². The molecule has 1 amide bonds. The van der Waals surface area contributed by atoms with Gasteiger partial charge in [-0.15, -0.1) is 0 Å². The van der Waals surface area contributed by atoms with Crippen LogP contribution in [0.4, 0.5) is 0 Å². The van der Waals surface area contributed by atoms with Gasteiger partial charge in [0.25, 0.3) is 0 Å². The molecule has 134 valence electrons. The first-order valence-corrected chi connectivity index (χ1v) is 9.09. The highest BCUT2D eigenvalue weighted by atomic mass is 35.5. The molecule has 2 heterocycles. The standard InChI is InChI=1S/C18H24ClN5O/c1-14(24-13-20-12-22-24)10-21-18(25)15-6-8-23(9-7-15)11-16-4-2-3-5-17(16)19/h2-5,12-15H,6-11H2,1H3,(H,21,25)/t14-/m1/s1. The van der Waals surface area contributed by atoms with Crippen molar-refractivity contribution in [1.82, 2.24) is 25.0 Å². The number of amides is 1. The van der Waals surface area contributed by atoms with Gasteiger partial charge in [0.15, 0.2) is 0 Å². The number of benzene rings is 1. The SMILES string of the molecule is C[C@H](CNC(=O)C1CCN(Cc2ccccc2Cl)CC1)n1cncn1. The van der Waals surface area contributed by atoms with E-state index in [-0.39, 0.29) is 17.9 Å². The van der Waals surface area contributed by atoms with E-state index in [1.54, 1.807) is 11.0 Å². The minimum Gasteiger partial charge on any atom is -0.354 e. The lowest BCUT2D eigenvalue weighted by molar-refractivity contribution is -0.126. The molecule has 0 spiro atoms. The second-order valence-electron chi connectivity index (χ2n) is 6.61. The summed E-state index contributed by atoms with van der Waals surface area (Å²) in [7, 11) is 0. The Morgan fingerprint density at radius 3 is 2.80 bits per heavy atom. The second-order valence-corrected chi connectivity index (χ2v) is 7.02. The van der Waals surface area contributed by atoms with Crippen LogP contribution in [0.3, 0.4) is 0 Å². The Labute approximate surface area is 153 Å². The molecule has 7 heteroatoms. The lowest BCUT2D eigenvalue weighted by atomic mass is 9.95. The fourth-order valence-corrected chi connectivity index (χ4v) is 3.35. The van der Waals surface area contributed by atoms with E-state index in [1.165, 1.54) is 6.33 Å². The van der Waals surface area contributed by atoms with Gasteiger partial charge in [-0.2, -0.15) is 5.10 Å². The van der Waals surface area contributed by atoms with Crippen molar-refractivity contribution in [3.63, 3.8) is 0 Å². The summed E-state index contributed by atoms with van der Waals surface area (Å²) < 4.78 is 1.76. The van der Waals surface area contributed by atoms with Crippen molar-refractivity contribution < 1.29 is 4.79 Å². The molecule has 1 aromatic heterocycles. The van der Waals surface area contributed by atoms with Crippen molar-refractivity contribution in [3.05, 3.63) is 47.5 Å². The van der Waals surface area contributed by atoms with Gasteiger partial charge in [-0.25, -0.2) is 9.67 Å². The number of piperidine rings is 1. The maximum Gasteiger partial charge on any atom is 0.223 e. The van der Waals surface area contributed by atoms with E-state index in [9.17, 15) is 4.79 Å². The predicted molar refractivity (Wildman–Crippen MR) is 97.2 cm³/mol. The molecule has 6 nitrogen and oxygen atoms in total. The monoisotopic (exact) mass is 361 g/mol. The average Bonchev–Trinajstić information content (AvgIpc) is 3.17. The molecular weight excluding hydrogens is 338 g/mol. The highest BCUT2D eigenvalue weighted by molar-refractivity contribution is 6.31. The van der Waals surface area contributed by atoms with E-state index in [2.05, 4.69) is 26.4 Å². The molecule has 1 aliphatic heterocycles. The van der Waals surface area contributed by atoms with Crippen LogP contribution in [0.2, 0.25) is 5.02 Å². The topological polar surface area (TPSA) is 63.1 Å². The summed E-state index contributed by atoms with van der Waals surface area (Å²) in [5.41, 5.74) is 1.15. The molecule has 1 saturated heterocycles. The minimum atomic E-state index is 0.0884. The Balaban J connectivity index is 1.42. The zero-order valence-electron chi connectivity index (χ0n) is 14.4. The zero-order chi connectivity index (χ0) is 17.6. The third-order valence-electron chi connectivity index (χ3n) is 4.77. The Morgan fingerprint density at radius 1 is 1.36 bits per heavy atom. The summed E-state index contributed by atoms with van der Waals surface area (Å²) in [4.78, 5) is 18.7. The molecule has 25 heavy (non-hydrogen) atoms. The van der Waals surface area contributed by atoms with Gasteiger partial charge in [0.2, 0.25) is 5.91 Å². The largest absolute Gasteiger partial charge is 0.354 e. The first-order chi connectivity index (χ1) is 12.1.